The molecule has 6 heteroatoms. The van der Waals surface area contributed by atoms with Crippen molar-refractivity contribution in [2.45, 2.75) is 38.7 Å². The van der Waals surface area contributed by atoms with Crippen LogP contribution in [0.3, 0.4) is 0 Å². The van der Waals surface area contributed by atoms with Gasteiger partial charge in [-0.3, -0.25) is 4.90 Å². The number of hydrogen-bond acceptors (Lipinski definition) is 5. The molecule has 0 saturated heterocycles. The van der Waals surface area contributed by atoms with Gasteiger partial charge in [0.15, 0.2) is 5.82 Å². The van der Waals surface area contributed by atoms with Gasteiger partial charge in [-0.1, -0.05) is 72.8 Å². The Morgan fingerprint density at radius 3 is 2.22 bits per heavy atom. The van der Waals surface area contributed by atoms with Crippen LogP contribution < -0.4 is 10.2 Å². The quantitative estimate of drug-likeness (QED) is 0.237. The molecule has 1 N–H and O–H groups in total. The minimum atomic E-state index is -0.540. The molecule has 1 aliphatic heterocycles. The maximum Gasteiger partial charge on any atom is 0.414 e. The highest BCUT2D eigenvalue weighted by Crippen LogP contribution is 2.34. The lowest BCUT2D eigenvalue weighted by molar-refractivity contribution is 0.0584. The Morgan fingerprint density at radius 1 is 0.878 bits per heavy atom. The van der Waals surface area contributed by atoms with Crippen LogP contribution in [-0.2, 0) is 11.2 Å². The molecular formula is C35H34N4O2. The molecule has 41 heavy (non-hydrogen) atoms. The van der Waals surface area contributed by atoms with Crippen LogP contribution in [0, 0.1) is 0 Å². The molecule has 0 aliphatic carbocycles. The molecular weight excluding hydrogens is 508 g/mol. The zero-order chi connectivity index (χ0) is 28.4. The minimum Gasteiger partial charge on any atom is -0.443 e. The van der Waals surface area contributed by atoms with E-state index in [1.165, 1.54) is 11.1 Å². The summed E-state index contributed by atoms with van der Waals surface area (Å²) in [6, 6.07) is 35.3. The average Bonchev–Trinajstić information content (AvgIpc) is 3.41. The van der Waals surface area contributed by atoms with E-state index in [0.29, 0.717) is 18.9 Å². The molecule has 206 valence electrons. The molecule has 1 aliphatic rings. The van der Waals surface area contributed by atoms with Crippen LogP contribution in [0.4, 0.5) is 16.3 Å². The van der Waals surface area contributed by atoms with Gasteiger partial charge >= 0.3 is 6.09 Å². The molecule has 1 amide bonds. The minimum absolute atomic E-state index is 0.161. The summed E-state index contributed by atoms with van der Waals surface area (Å²) in [6.45, 7) is 6.93. The van der Waals surface area contributed by atoms with Crippen LogP contribution in [0.5, 0.6) is 0 Å². The van der Waals surface area contributed by atoms with Crippen LogP contribution >= 0.6 is 0 Å². The Kier molecular flexibility index (Phi) is 7.14. The van der Waals surface area contributed by atoms with E-state index < -0.39 is 5.60 Å². The Balaban J connectivity index is 1.32. The Bertz CT molecular complexity index is 1640. The lowest BCUT2D eigenvalue weighted by atomic mass is 9.91. The van der Waals surface area contributed by atoms with Crippen molar-refractivity contribution in [1.82, 2.24) is 9.97 Å². The van der Waals surface area contributed by atoms with Gasteiger partial charge in [0.2, 0.25) is 0 Å². The number of anilines is 2. The SMILES string of the molecule is CC(C)(C)OC(=O)N1CCc2cc(-c3nc(NCC(c4ccccc4)c4ccccc4)c4ccccc4n3)ccc21. The first-order chi connectivity index (χ1) is 19.9. The third-order valence-corrected chi connectivity index (χ3v) is 7.33. The van der Waals surface area contributed by atoms with Crippen LogP contribution in [0.15, 0.2) is 103 Å². The third kappa shape index (κ3) is 5.78. The number of nitrogens with one attached hydrogen (secondary N) is 1. The fraction of sp³-hybridized carbons (Fsp3) is 0.229. The summed E-state index contributed by atoms with van der Waals surface area (Å²) in [5, 5.41) is 4.65. The molecule has 0 unspecified atom stereocenters. The van der Waals surface area contributed by atoms with Gasteiger partial charge < -0.3 is 10.1 Å². The lowest BCUT2D eigenvalue weighted by Crippen LogP contribution is -2.35. The maximum atomic E-state index is 12.8. The normalized spacial score (nSPS) is 12.9. The summed E-state index contributed by atoms with van der Waals surface area (Å²) in [7, 11) is 0. The molecule has 0 radical (unpaired) electrons. The van der Waals surface area contributed by atoms with Gasteiger partial charge in [-0.2, -0.15) is 0 Å². The van der Waals surface area contributed by atoms with Crippen molar-refractivity contribution >= 4 is 28.5 Å². The van der Waals surface area contributed by atoms with E-state index in [1.807, 2.05) is 63.2 Å². The van der Waals surface area contributed by atoms with E-state index in [2.05, 4.69) is 66.0 Å². The van der Waals surface area contributed by atoms with Crippen LogP contribution in [0.25, 0.3) is 22.3 Å². The third-order valence-electron chi connectivity index (χ3n) is 7.33. The Hall–Kier alpha value is -4.71. The Morgan fingerprint density at radius 2 is 1.54 bits per heavy atom. The molecule has 0 fully saturated rings. The van der Waals surface area contributed by atoms with E-state index >= 15 is 0 Å². The number of ether oxygens (including phenoxy) is 1. The molecule has 6 rings (SSSR count). The molecule has 4 aromatic carbocycles. The van der Waals surface area contributed by atoms with Crippen molar-refractivity contribution in [2.24, 2.45) is 0 Å². The molecule has 1 aromatic heterocycles. The van der Waals surface area contributed by atoms with Gasteiger partial charge in [0.25, 0.3) is 0 Å². The molecule has 2 heterocycles. The molecule has 0 spiro atoms. The molecule has 0 bridgehead atoms. The zero-order valence-electron chi connectivity index (χ0n) is 23.7. The first-order valence-electron chi connectivity index (χ1n) is 14.1. The van der Waals surface area contributed by atoms with Crippen molar-refractivity contribution in [2.75, 3.05) is 23.3 Å². The number of hydrogen-bond donors (Lipinski definition) is 1. The highest BCUT2D eigenvalue weighted by Gasteiger charge is 2.29. The van der Waals surface area contributed by atoms with E-state index in [0.717, 1.165) is 40.0 Å². The summed E-state index contributed by atoms with van der Waals surface area (Å²) >= 11 is 0. The van der Waals surface area contributed by atoms with E-state index in [9.17, 15) is 4.79 Å². The topological polar surface area (TPSA) is 67.3 Å². The maximum absolute atomic E-state index is 12.8. The van der Waals surface area contributed by atoms with Gasteiger partial charge in [-0.05, 0) is 74.2 Å². The van der Waals surface area contributed by atoms with E-state index in [-0.39, 0.29) is 12.0 Å². The number of rotatable bonds is 6. The number of aromatic nitrogens is 2. The smallest absolute Gasteiger partial charge is 0.414 e. The number of nitrogens with zero attached hydrogens (tertiary/aromatic N) is 3. The highest BCUT2D eigenvalue weighted by atomic mass is 16.6. The molecule has 5 aromatic rings. The highest BCUT2D eigenvalue weighted by molar-refractivity contribution is 5.92. The predicted octanol–water partition coefficient (Wildman–Crippen LogP) is 7.84. The summed E-state index contributed by atoms with van der Waals surface area (Å²) in [4.78, 5) is 24.4. The molecule has 0 atom stereocenters. The summed E-state index contributed by atoms with van der Waals surface area (Å²) in [5.41, 5.74) is 5.74. The number of para-hydroxylation sites is 1. The Labute approximate surface area is 241 Å². The fourth-order valence-corrected chi connectivity index (χ4v) is 5.39. The largest absolute Gasteiger partial charge is 0.443 e. The van der Waals surface area contributed by atoms with Crippen molar-refractivity contribution in [1.29, 1.82) is 0 Å². The number of carbonyl (C=O) groups excluding carboxylic acids is 1. The van der Waals surface area contributed by atoms with Crippen LogP contribution in [-0.4, -0.2) is 34.8 Å². The van der Waals surface area contributed by atoms with E-state index in [4.69, 9.17) is 14.7 Å². The lowest BCUT2D eigenvalue weighted by Gasteiger charge is -2.24. The van der Waals surface area contributed by atoms with E-state index in [1.54, 1.807) is 4.90 Å². The second kappa shape index (κ2) is 11.0. The standard InChI is InChI=1S/C35H34N4O2/c1-35(2,3)41-34(40)39-21-20-26-22-27(18-19-31(26)39)32-37-30-17-11-10-16-28(30)33(38-32)36-23-29(24-12-6-4-7-13-24)25-14-8-5-9-15-25/h4-19,22,29H,20-21,23H2,1-3H3,(H,36,37,38). The number of amides is 1. The van der Waals surface area contributed by atoms with Crippen molar-refractivity contribution in [3.05, 3.63) is 120 Å². The van der Waals surface area contributed by atoms with Gasteiger partial charge in [0.05, 0.1) is 11.2 Å². The summed E-state index contributed by atoms with van der Waals surface area (Å²) < 4.78 is 5.62. The molecule has 0 saturated carbocycles. The number of benzene rings is 4. The first kappa shape index (κ1) is 26.5. The average molecular weight is 543 g/mol. The van der Waals surface area contributed by atoms with Crippen LogP contribution in [0.1, 0.15) is 43.4 Å². The number of fused-ring (bicyclic) bond motifs is 2. The van der Waals surface area contributed by atoms with Crippen LogP contribution in [0.2, 0.25) is 0 Å². The van der Waals surface area contributed by atoms with Crippen molar-refractivity contribution < 1.29 is 9.53 Å². The second-order valence-corrected chi connectivity index (χ2v) is 11.4. The first-order valence-corrected chi connectivity index (χ1v) is 14.1. The van der Waals surface area contributed by atoms with Gasteiger partial charge in [0.1, 0.15) is 11.4 Å². The van der Waals surface area contributed by atoms with Gasteiger partial charge in [0, 0.05) is 30.0 Å². The zero-order valence-corrected chi connectivity index (χ0v) is 23.7. The van der Waals surface area contributed by atoms with Crippen molar-refractivity contribution in [3.63, 3.8) is 0 Å². The second-order valence-electron chi connectivity index (χ2n) is 11.4. The molecule has 6 nitrogen and oxygen atoms in total. The van der Waals surface area contributed by atoms with Gasteiger partial charge in [-0.15, -0.1) is 0 Å². The van der Waals surface area contributed by atoms with Gasteiger partial charge in [-0.25, -0.2) is 14.8 Å². The fourth-order valence-electron chi connectivity index (χ4n) is 5.39. The monoisotopic (exact) mass is 542 g/mol. The summed E-state index contributed by atoms with van der Waals surface area (Å²) in [5.74, 6) is 1.62. The summed E-state index contributed by atoms with van der Waals surface area (Å²) in [6.07, 6.45) is 0.445. The number of carbonyl (C=O) groups is 1. The van der Waals surface area contributed by atoms with Crippen molar-refractivity contribution in [3.8, 4) is 11.4 Å². The predicted molar refractivity (Wildman–Crippen MR) is 165 cm³/mol.